The van der Waals surface area contributed by atoms with E-state index in [1.165, 1.54) is 0 Å². The molecule has 0 aromatic heterocycles. The van der Waals surface area contributed by atoms with Crippen molar-refractivity contribution in [3.63, 3.8) is 0 Å². The van der Waals surface area contributed by atoms with Gasteiger partial charge >= 0.3 is 0 Å². The van der Waals surface area contributed by atoms with Crippen LogP contribution in [0.4, 0.5) is 4.39 Å². The van der Waals surface area contributed by atoms with Gasteiger partial charge in [0.25, 0.3) is 0 Å². The maximum atomic E-state index is 15.7. The number of benzene rings is 2. The van der Waals surface area contributed by atoms with E-state index in [0.29, 0.717) is 50.9 Å². The molecule has 3 nitrogen and oxygen atoms in total. The lowest BCUT2D eigenvalue weighted by Crippen LogP contribution is -2.41. The topological polar surface area (TPSA) is 29.5 Å². The molecule has 0 saturated carbocycles. The highest BCUT2D eigenvalue weighted by atomic mass is 35.5. The zero-order valence-electron chi connectivity index (χ0n) is 18.9. The fourth-order valence-corrected chi connectivity index (χ4v) is 4.07. The van der Waals surface area contributed by atoms with Gasteiger partial charge in [0, 0.05) is 32.5 Å². The molecule has 0 spiro atoms. The van der Waals surface area contributed by atoms with Crippen LogP contribution < -0.4 is 4.74 Å². The number of halogens is 2. The number of rotatable bonds is 8. The third kappa shape index (κ3) is 7.93. The summed E-state index contributed by atoms with van der Waals surface area (Å²) in [5, 5.41) is 0. The maximum Gasteiger partial charge on any atom is 0.138 e. The fraction of sp³-hybridized carbons (Fsp3) is 0.500. The number of likely N-dealkylation sites (tertiary alicyclic amines) is 1. The molecule has 2 aromatic carbocycles. The summed E-state index contributed by atoms with van der Waals surface area (Å²) in [4.78, 5) is 14.6. The first-order chi connectivity index (χ1) is 14.2. The van der Waals surface area contributed by atoms with E-state index in [-0.39, 0.29) is 23.6 Å². The standard InChI is InChI=1S/C26H34FNO2.ClH/c1-25(2,3)20-23(29)19-21-8-7-9-22(18-21)26(27)12-14-28(15-13-26)16-17-30-24-10-5-4-6-11-24;/h4-11,18H,12-17,19-20H2,1-3H3;1H. The van der Waals surface area contributed by atoms with Crippen molar-refractivity contribution in [2.75, 3.05) is 26.2 Å². The molecule has 0 radical (unpaired) electrons. The van der Waals surface area contributed by atoms with E-state index >= 15 is 4.39 Å². The number of para-hydroxylation sites is 1. The summed E-state index contributed by atoms with van der Waals surface area (Å²) < 4.78 is 21.5. The largest absolute Gasteiger partial charge is 0.492 e. The summed E-state index contributed by atoms with van der Waals surface area (Å²) in [5.74, 6) is 1.08. The Hall–Kier alpha value is -1.91. The Morgan fingerprint density at radius 3 is 2.39 bits per heavy atom. The highest BCUT2D eigenvalue weighted by Gasteiger charge is 2.36. The molecule has 1 aliphatic rings. The highest BCUT2D eigenvalue weighted by molar-refractivity contribution is 5.85. The van der Waals surface area contributed by atoms with Crippen LogP contribution in [0.3, 0.4) is 0 Å². The summed E-state index contributed by atoms with van der Waals surface area (Å²) in [6.07, 6.45) is 1.86. The second-order valence-corrected chi connectivity index (χ2v) is 9.62. The van der Waals surface area contributed by atoms with Gasteiger partial charge in [0.15, 0.2) is 0 Å². The van der Waals surface area contributed by atoms with E-state index in [4.69, 9.17) is 4.74 Å². The monoisotopic (exact) mass is 447 g/mol. The van der Waals surface area contributed by atoms with E-state index in [1.54, 1.807) is 0 Å². The molecule has 1 heterocycles. The molecule has 2 aromatic rings. The molecule has 0 N–H and O–H groups in total. The van der Waals surface area contributed by atoms with E-state index < -0.39 is 5.67 Å². The molecule has 0 atom stereocenters. The van der Waals surface area contributed by atoms with Gasteiger partial charge in [-0.3, -0.25) is 9.69 Å². The van der Waals surface area contributed by atoms with Crippen molar-refractivity contribution in [2.24, 2.45) is 5.41 Å². The Morgan fingerprint density at radius 1 is 1.06 bits per heavy atom. The number of Topliss-reactive ketones (excluding diaryl/α,β-unsaturated/α-hetero) is 1. The number of carbonyl (C=O) groups excluding carboxylic acids is 1. The zero-order chi connectivity index (χ0) is 21.6. The van der Waals surface area contributed by atoms with E-state index in [1.807, 2.05) is 54.6 Å². The predicted molar refractivity (Wildman–Crippen MR) is 127 cm³/mol. The number of alkyl halides is 1. The first kappa shape index (κ1) is 25.4. The SMILES string of the molecule is CC(C)(C)CC(=O)Cc1cccc(C2(F)CCN(CCOc3ccccc3)CC2)c1.Cl. The number of ether oxygens (including phenoxy) is 1. The van der Waals surface area contributed by atoms with Crippen LogP contribution in [-0.4, -0.2) is 36.9 Å². The minimum atomic E-state index is -1.32. The Bertz CT molecular complexity index is 827. The lowest BCUT2D eigenvalue weighted by molar-refractivity contribution is -0.120. The zero-order valence-corrected chi connectivity index (χ0v) is 19.7. The lowest BCUT2D eigenvalue weighted by atomic mass is 9.84. The molecular formula is C26H35ClFNO2. The average molecular weight is 448 g/mol. The Balaban J connectivity index is 0.00000341. The Labute approximate surface area is 192 Å². The smallest absolute Gasteiger partial charge is 0.138 e. The normalized spacial score (nSPS) is 16.4. The molecule has 31 heavy (non-hydrogen) atoms. The van der Waals surface area contributed by atoms with Gasteiger partial charge in [0.05, 0.1) is 0 Å². The van der Waals surface area contributed by atoms with Crippen molar-refractivity contribution >= 4 is 18.2 Å². The number of carbonyl (C=O) groups is 1. The summed E-state index contributed by atoms with van der Waals surface area (Å²) in [6.45, 7) is 9.02. The second kappa shape index (κ2) is 11.1. The quantitative estimate of drug-likeness (QED) is 0.497. The van der Waals surface area contributed by atoms with Gasteiger partial charge in [-0.2, -0.15) is 0 Å². The highest BCUT2D eigenvalue weighted by Crippen LogP contribution is 2.37. The molecule has 0 bridgehead atoms. The summed E-state index contributed by atoms with van der Waals surface area (Å²) in [6, 6.07) is 17.4. The Kier molecular flexibility index (Phi) is 9.08. The third-order valence-electron chi connectivity index (χ3n) is 5.64. The molecule has 1 aliphatic heterocycles. The van der Waals surface area contributed by atoms with Gasteiger partial charge in [0.2, 0.25) is 0 Å². The molecule has 1 saturated heterocycles. The average Bonchev–Trinajstić information content (AvgIpc) is 2.69. The van der Waals surface area contributed by atoms with Crippen LogP contribution in [0.1, 0.15) is 51.2 Å². The van der Waals surface area contributed by atoms with Gasteiger partial charge in [-0.25, -0.2) is 4.39 Å². The summed E-state index contributed by atoms with van der Waals surface area (Å²) in [5.41, 5.74) is 0.286. The summed E-state index contributed by atoms with van der Waals surface area (Å²) >= 11 is 0. The lowest BCUT2D eigenvalue weighted by Gasteiger charge is -2.36. The predicted octanol–water partition coefficient (Wildman–Crippen LogP) is 6.00. The van der Waals surface area contributed by atoms with Crippen molar-refractivity contribution in [1.82, 2.24) is 4.90 Å². The van der Waals surface area contributed by atoms with Crippen LogP contribution in [-0.2, 0) is 16.9 Å². The molecule has 0 aliphatic carbocycles. The van der Waals surface area contributed by atoms with Crippen LogP contribution in [0.2, 0.25) is 0 Å². The first-order valence-electron chi connectivity index (χ1n) is 10.9. The number of hydrogen-bond acceptors (Lipinski definition) is 3. The van der Waals surface area contributed by atoms with Crippen molar-refractivity contribution in [3.8, 4) is 5.75 Å². The minimum Gasteiger partial charge on any atom is -0.492 e. The fourth-order valence-electron chi connectivity index (χ4n) is 4.07. The van der Waals surface area contributed by atoms with Gasteiger partial charge in [-0.1, -0.05) is 63.2 Å². The van der Waals surface area contributed by atoms with Crippen LogP contribution in [0.25, 0.3) is 0 Å². The first-order valence-corrected chi connectivity index (χ1v) is 10.9. The van der Waals surface area contributed by atoms with Crippen LogP contribution >= 0.6 is 12.4 Å². The number of piperidine rings is 1. The third-order valence-corrected chi connectivity index (χ3v) is 5.64. The molecule has 3 rings (SSSR count). The molecular weight excluding hydrogens is 413 g/mol. The summed E-state index contributed by atoms with van der Waals surface area (Å²) in [7, 11) is 0. The van der Waals surface area contributed by atoms with Gasteiger partial charge < -0.3 is 4.74 Å². The minimum absolute atomic E-state index is 0. The van der Waals surface area contributed by atoms with Crippen molar-refractivity contribution in [2.45, 2.75) is 52.1 Å². The van der Waals surface area contributed by atoms with Crippen molar-refractivity contribution < 1.29 is 13.9 Å². The van der Waals surface area contributed by atoms with E-state index in [0.717, 1.165) is 17.9 Å². The molecule has 1 fully saturated rings. The second-order valence-electron chi connectivity index (χ2n) is 9.62. The van der Waals surface area contributed by atoms with E-state index in [2.05, 4.69) is 25.7 Å². The Morgan fingerprint density at radius 2 is 1.74 bits per heavy atom. The van der Waals surface area contributed by atoms with Crippen molar-refractivity contribution in [3.05, 3.63) is 65.7 Å². The molecule has 0 amide bonds. The number of ketones is 1. The maximum absolute atomic E-state index is 15.7. The van der Waals surface area contributed by atoms with E-state index in [9.17, 15) is 4.79 Å². The molecule has 170 valence electrons. The number of hydrogen-bond donors (Lipinski definition) is 0. The van der Waals surface area contributed by atoms with Gasteiger partial charge in [-0.15, -0.1) is 12.4 Å². The van der Waals surface area contributed by atoms with Gasteiger partial charge in [-0.05, 0) is 41.5 Å². The number of nitrogens with zero attached hydrogens (tertiary/aromatic N) is 1. The van der Waals surface area contributed by atoms with Gasteiger partial charge in [0.1, 0.15) is 23.8 Å². The molecule has 5 heteroatoms. The molecule has 0 unspecified atom stereocenters. The van der Waals surface area contributed by atoms with Crippen LogP contribution in [0.15, 0.2) is 54.6 Å². The van der Waals surface area contributed by atoms with Crippen LogP contribution in [0, 0.1) is 5.41 Å². The van der Waals surface area contributed by atoms with Crippen LogP contribution in [0.5, 0.6) is 5.75 Å². The van der Waals surface area contributed by atoms with Crippen molar-refractivity contribution in [1.29, 1.82) is 0 Å².